The molecule has 0 radical (unpaired) electrons. The molecule has 0 aromatic carbocycles. The van der Waals surface area contributed by atoms with Crippen molar-refractivity contribution >= 4 is 0 Å². The van der Waals surface area contributed by atoms with E-state index in [-0.39, 0.29) is 0 Å². The van der Waals surface area contributed by atoms with Crippen molar-refractivity contribution in [2.75, 3.05) is 46.8 Å². The molecule has 16 heavy (non-hydrogen) atoms. The van der Waals surface area contributed by atoms with Crippen LogP contribution in [0.5, 0.6) is 0 Å². The van der Waals surface area contributed by atoms with Gasteiger partial charge in [-0.15, -0.1) is 0 Å². The van der Waals surface area contributed by atoms with Crippen LogP contribution in [0.3, 0.4) is 0 Å². The van der Waals surface area contributed by atoms with E-state index in [2.05, 4.69) is 43.1 Å². The second-order valence-electron chi connectivity index (χ2n) is 5.34. The lowest BCUT2D eigenvalue weighted by Gasteiger charge is -2.35. The molecule has 0 saturated carbocycles. The summed E-state index contributed by atoms with van der Waals surface area (Å²) >= 11 is 0. The van der Waals surface area contributed by atoms with Gasteiger partial charge in [0.1, 0.15) is 0 Å². The van der Waals surface area contributed by atoms with Gasteiger partial charge in [-0.1, -0.05) is 6.92 Å². The van der Waals surface area contributed by atoms with E-state index >= 15 is 0 Å². The smallest absolute Gasteiger partial charge is 0.0101 e. The zero-order valence-corrected chi connectivity index (χ0v) is 11.5. The van der Waals surface area contributed by atoms with Crippen molar-refractivity contribution in [3.63, 3.8) is 0 Å². The Kier molecular flexibility index (Phi) is 6.32. The maximum absolute atomic E-state index is 3.66. The summed E-state index contributed by atoms with van der Waals surface area (Å²) < 4.78 is 0. The fourth-order valence-corrected chi connectivity index (χ4v) is 2.47. The SMILES string of the molecule is CCN1CCCC(C(C)NCCN(C)C)C1. The molecule has 0 aliphatic carbocycles. The Morgan fingerprint density at radius 3 is 2.81 bits per heavy atom. The number of nitrogens with one attached hydrogen (secondary N) is 1. The van der Waals surface area contributed by atoms with Crippen LogP contribution < -0.4 is 5.32 Å². The Morgan fingerprint density at radius 2 is 2.19 bits per heavy atom. The van der Waals surface area contributed by atoms with Crippen LogP contribution in [0.4, 0.5) is 0 Å². The minimum Gasteiger partial charge on any atom is -0.313 e. The maximum atomic E-state index is 3.66. The van der Waals surface area contributed by atoms with E-state index < -0.39 is 0 Å². The first kappa shape index (κ1) is 13.9. The average molecular weight is 227 g/mol. The minimum absolute atomic E-state index is 0.661. The van der Waals surface area contributed by atoms with Crippen LogP contribution in [0.25, 0.3) is 0 Å². The quantitative estimate of drug-likeness (QED) is 0.737. The van der Waals surface area contributed by atoms with Gasteiger partial charge in [0.15, 0.2) is 0 Å². The van der Waals surface area contributed by atoms with Crippen molar-refractivity contribution in [2.45, 2.75) is 32.7 Å². The summed E-state index contributed by atoms with van der Waals surface area (Å²) in [5.74, 6) is 0.843. The predicted octanol–water partition coefficient (Wildman–Crippen LogP) is 1.26. The molecule has 1 aliphatic rings. The number of rotatable bonds is 6. The first-order chi connectivity index (χ1) is 7.63. The third-order valence-electron chi connectivity index (χ3n) is 3.72. The molecule has 1 aliphatic heterocycles. The Bertz CT molecular complexity index is 182. The molecule has 2 atom stereocenters. The van der Waals surface area contributed by atoms with E-state index in [0.29, 0.717) is 6.04 Å². The standard InChI is InChI=1S/C13H29N3/c1-5-16-9-6-7-13(11-16)12(2)14-8-10-15(3)4/h12-14H,5-11H2,1-4H3. The van der Waals surface area contributed by atoms with Gasteiger partial charge in [0.2, 0.25) is 0 Å². The summed E-state index contributed by atoms with van der Waals surface area (Å²) in [4.78, 5) is 4.82. The van der Waals surface area contributed by atoms with Crippen LogP contribution in [-0.2, 0) is 0 Å². The molecule has 3 heteroatoms. The molecule has 0 bridgehead atoms. The van der Waals surface area contributed by atoms with E-state index in [1.807, 2.05) is 0 Å². The van der Waals surface area contributed by atoms with Crippen LogP contribution in [-0.4, -0.2) is 62.7 Å². The highest BCUT2D eigenvalue weighted by atomic mass is 15.1. The fraction of sp³-hybridized carbons (Fsp3) is 1.00. The van der Waals surface area contributed by atoms with Crippen LogP contribution in [0.15, 0.2) is 0 Å². The van der Waals surface area contributed by atoms with Crippen LogP contribution in [0, 0.1) is 5.92 Å². The Morgan fingerprint density at radius 1 is 1.44 bits per heavy atom. The largest absolute Gasteiger partial charge is 0.313 e. The maximum Gasteiger partial charge on any atom is 0.0101 e. The van der Waals surface area contributed by atoms with E-state index in [0.717, 1.165) is 19.0 Å². The molecule has 3 nitrogen and oxygen atoms in total. The van der Waals surface area contributed by atoms with Gasteiger partial charge < -0.3 is 15.1 Å². The molecule has 0 amide bonds. The number of hydrogen-bond donors (Lipinski definition) is 1. The van der Waals surface area contributed by atoms with Crippen molar-refractivity contribution in [3.05, 3.63) is 0 Å². The van der Waals surface area contributed by atoms with Crippen molar-refractivity contribution in [3.8, 4) is 0 Å². The summed E-state index contributed by atoms with van der Waals surface area (Å²) in [5.41, 5.74) is 0. The first-order valence-electron chi connectivity index (χ1n) is 6.74. The summed E-state index contributed by atoms with van der Waals surface area (Å²) in [5, 5.41) is 3.66. The summed E-state index contributed by atoms with van der Waals surface area (Å²) in [6.07, 6.45) is 2.77. The van der Waals surface area contributed by atoms with Crippen molar-refractivity contribution in [2.24, 2.45) is 5.92 Å². The Balaban J connectivity index is 2.21. The molecule has 1 rings (SSSR count). The van der Waals surface area contributed by atoms with Gasteiger partial charge in [0.25, 0.3) is 0 Å². The lowest BCUT2D eigenvalue weighted by atomic mass is 9.91. The van der Waals surface area contributed by atoms with Crippen LogP contribution in [0.1, 0.15) is 26.7 Å². The number of likely N-dealkylation sites (tertiary alicyclic amines) is 1. The van der Waals surface area contributed by atoms with Gasteiger partial charge in [-0.25, -0.2) is 0 Å². The summed E-state index contributed by atoms with van der Waals surface area (Å²) in [6, 6.07) is 0.661. The molecule has 1 N–H and O–H groups in total. The lowest BCUT2D eigenvalue weighted by Crippen LogP contribution is -2.45. The zero-order chi connectivity index (χ0) is 12.0. The number of hydrogen-bond acceptors (Lipinski definition) is 3. The van der Waals surface area contributed by atoms with Gasteiger partial charge in [-0.05, 0) is 52.9 Å². The highest BCUT2D eigenvalue weighted by Gasteiger charge is 2.23. The summed E-state index contributed by atoms with van der Waals surface area (Å²) in [7, 11) is 4.26. The summed E-state index contributed by atoms with van der Waals surface area (Å²) in [6.45, 7) is 10.7. The molecule has 0 aromatic heterocycles. The lowest BCUT2D eigenvalue weighted by molar-refractivity contribution is 0.156. The molecule has 1 heterocycles. The van der Waals surface area contributed by atoms with E-state index in [1.54, 1.807) is 0 Å². The highest BCUT2D eigenvalue weighted by molar-refractivity contribution is 4.80. The topological polar surface area (TPSA) is 18.5 Å². The van der Waals surface area contributed by atoms with Crippen LogP contribution in [0.2, 0.25) is 0 Å². The van der Waals surface area contributed by atoms with E-state index in [4.69, 9.17) is 0 Å². The predicted molar refractivity (Wildman–Crippen MR) is 70.9 cm³/mol. The van der Waals surface area contributed by atoms with Crippen molar-refractivity contribution < 1.29 is 0 Å². The number of piperidine rings is 1. The fourth-order valence-electron chi connectivity index (χ4n) is 2.47. The van der Waals surface area contributed by atoms with Gasteiger partial charge in [0, 0.05) is 25.7 Å². The first-order valence-corrected chi connectivity index (χ1v) is 6.74. The van der Waals surface area contributed by atoms with Crippen LogP contribution >= 0.6 is 0 Å². The Labute approximate surface area is 101 Å². The molecule has 96 valence electrons. The van der Waals surface area contributed by atoms with E-state index in [1.165, 1.54) is 32.5 Å². The molecule has 2 unspecified atom stereocenters. The molecular weight excluding hydrogens is 198 g/mol. The minimum atomic E-state index is 0.661. The second-order valence-corrected chi connectivity index (χ2v) is 5.34. The second kappa shape index (κ2) is 7.25. The van der Waals surface area contributed by atoms with Gasteiger partial charge in [-0.2, -0.15) is 0 Å². The highest BCUT2D eigenvalue weighted by Crippen LogP contribution is 2.19. The monoisotopic (exact) mass is 227 g/mol. The van der Waals surface area contributed by atoms with Crippen molar-refractivity contribution in [1.29, 1.82) is 0 Å². The normalized spacial score (nSPS) is 24.9. The number of nitrogens with zero attached hydrogens (tertiary/aromatic N) is 2. The average Bonchev–Trinajstić information content (AvgIpc) is 2.28. The van der Waals surface area contributed by atoms with Crippen molar-refractivity contribution in [1.82, 2.24) is 15.1 Å². The van der Waals surface area contributed by atoms with E-state index in [9.17, 15) is 0 Å². The molecule has 1 fully saturated rings. The number of likely N-dealkylation sites (N-methyl/N-ethyl adjacent to an activating group) is 1. The van der Waals surface area contributed by atoms with Gasteiger partial charge in [-0.3, -0.25) is 0 Å². The molecular formula is C13H29N3. The Hall–Kier alpha value is -0.120. The van der Waals surface area contributed by atoms with Gasteiger partial charge >= 0.3 is 0 Å². The third kappa shape index (κ3) is 4.81. The molecule has 1 saturated heterocycles. The zero-order valence-electron chi connectivity index (χ0n) is 11.5. The third-order valence-corrected chi connectivity index (χ3v) is 3.72. The molecule has 0 spiro atoms. The molecule has 0 aromatic rings. The van der Waals surface area contributed by atoms with Gasteiger partial charge in [0.05, 0.1) is 0 Å².